The molecular formula is C71H93F6N12O20Y3-3. The second-order valence-corrected chi connectivity index (χ2v) is 28.3. The largest absolute Gasteiger partial charge is 0.461 e. The van der Waals surface area contributed by atoms with E-state index in [-0.39, 0.29) is 179 Å². The van der Waals surface area contributed by atoms with E-state index < -0.39 is 120 Å². The number of aliphatic hydroxyl groups is 3. The number of nitrogens with zero attached hydrogens (tertiary/aromatic N) is 11. The summed E-state index contributed by atoms with van der Waals surface area (Å²) in [5.41, 5.74) is 1.55. The van der Waals surface area contributed by atoms with E-state index >= 15 is 0 Å². The molecule has 3 aromatic heterocycles. The van der Waals surface area contributed by atoms with Crippen molar-refractivity contribution in [3.05, 3.63) is 102 Å². The minimum atomic E-state index is -1.21. The van der Waals surface area contributed by atoms with E-state index in [1.807, 2.05) is 27.7 Å². The van der Waals surface area contributed by atoms with E-state index in [9.17, 15) is 45.5 Å². The summed E-state index contributed by atoms with van der Waals surface area (Å²) in [4.78, 5) is 76.4. The Morgan fingerprint density at radius 2 is 1.28 bits per heavy atom. The first-order valence-corrected chi connectivity index (χ1v) is 34.5. The SMILES string of the molecule is CC(=O)OC1O[C@H](COCC(C)(C)C)C=C1F.CC1(C)OCC(C=O)O1.CC1=NC2C([C-]=N1)N=CN2C1O[C@H](COCC(C)(C)C)C=C1F.CC1N=[C-]c2ncn([C@@H]3O[C@H](CO)C=C3F)c2N1.CCOC(=O)/C(F)=C/C1COC(C)(C)O1.Cc1n[c-]c2ncn([C@H]3O[C@H](CO)C=C3F)c2n1.O=C1O[C@H](CO)C=C1F.[Y].[Y].[Y]. The van der Waals surface area contributed by atoms with Crippen molar-refractivity contribution in [2.75, 3.05) is 71.4 Å². The van der Waals surface area contributed by atoms with Gasteiger partial charge in [-0.05, 0) is 106 Å². The van der Waals surface area contributed by atoms with Crippen molar-refractivity contribution in [3.8, 4) is 0 Å². The molecule has 14 atom stereocenters. The third kappa shape index (κ3) is 30.8. The number of nitrogens with one attached hydrogen (secondary N) is 1. The maximum absolute atomic E-state index is 14.3. The van der Waals surface area contributed by atoms with Crippen molar-refractivity contribution in [2.45, 2.75) is 202 Å². The summed E-state index contributed by atoms with van der Waals surface area (Å²) in [7, 11) is 0. The third-order valence-corrected chi connectivity index (χ3v) is 15.0. The average molecular weight is 1820 g/mol. The molecule has 611 valence electrons. The van der Waals surface area contributed by atoms with Crippen LogP contribution in [0.2, 0.25) is 0 Å². The quantitative estimate of drug-likeness (QED) is 0.0258. The first-order valence-electron chi connectivity index (χ1n) is 34.5. The zero-order chi connectivity index (χ0) is 80.3. The zero-order valence-corrected chi connectivity index (χ0v) is 73.1. The number of esters is 3. The van der Waals surface area contributed by atoms with Gasteiger partial charge in [-0.1, -0.05) is 55.4 Å². The van der Waals surface area contributed by atoms with Crippen molar-refractivity contribution in [3.63, 3.8) is 0 Å². The molecule has 10 aliphatic heterocycles. The van der Waals surface area contributed by atoms with E-state index in [0.29, 0.717) is 60.8 Å². The van der Waals surface area contributed by atoms with Crippen LogP contribution in [0, 0.1) is 24.0 Å². The number of aldehydes is 1. The molecule has 41 heteroatoms. The van der Waals surface area contributed by atoms with Crippen LogP contribution in [0.3, 0.4) is 0 Å². The van der Waals surface area contributed by atoms with Gasteiger partial charge in [-0.2, -0.15) is 8.78 Å². The van der Waals surface area contributed by atoms with Crippen LogP contribution in [0.1, 0.15) is 121 Å². The predicted molar refractivity (Wildman–Crippen MR) is 375 cm³/mol. The van der Waals surface area contributed by atoms with Gasteiger partial charge in [-0.15, -0.1) is 12.4 Å². The molecule has 32 nitrogen and oxygen atoms in total. The topological polar surface area (TPSA) is 375 Å². The van der Waals surface area contributed by atoms with E-state index in [2.05, 4.69) is 98.8 Å². The van der Waals surface area contributed by atoms with Crippen LogP contribution in [0.4, 0.5) is 32.2 Å². The van der Waals surface area contributed by atoms with Crippen LogP contribution in [-0.2, 0) is 179 Å². The summed E-state index contributed by atoms with van der Waals surface area (Å²) in [6.07, 6.45) is 12.7. The standard InChI is InChI=1S/C16H22FN4O2.C12H19FO4.C11H12FN4O2.C11H10FN4O2.C10H15FO4.C6H10O3.C5H5FO3.3Y/c1-10-18-6-13-14(20-10)21(9-19-13)15-12(17)5-11(23-15)7-22-8-16(2,3)4;1-8(14)16-11-10(13)5-9(17-11)6-15-7-12(2,3)4;2*1-6-13-3-9-10(15-6)16(5-14-9)11-8(12)2-7(4-17)18-11;1-4-13-9(12)8(11)5-7-6-14-10(2,3)15-7;1-6(2)8-4-5(3-7)9-6;6-4-1-3(2-7)9-5(4)8;;;/h5,9,11,13-15H,7-8H2,1-4H3;5,9,11H,6-7H2,1-4H3;2,5-7,11,15,17H,4H2,1H3;2,5,7,11,17H,4H2,1H3;5,7H,4,6H2,1-3H3;3,5H,4H2,1-2H3;1,3,7H,2H2;;;/q-1;;2*-1;;;;;;/b;;;;8-5-;;;;;/t11-,13?,14?,15?;9-,11?;6?,7-,11+;7-,11-;;;3-;;;/m0000..0.../s1. The van der Waals surface area contributed by atoms with Gasteiger partial charge in [-0.25, -0.2) is 27.2 Å². The number of fused-ring (bicyclic) bond motifs is 3. The van der Waals surface area contributed by atoms with Gasteiger partial charge in [0.15, 0.2) is 42.4 Å². The van der Waals surface area contributed by atoms with Gasteiger partial charge in [0.2, 0.25) is 11.7 Å². The molecule has 0 aliphatic carbocycles. The zero-order valence-electron chi connectivity index (χ0n) is 64.6. The number of halogens is 6. The van der Waals surface area contributed by atoms with Gasteiger partial charge in [-0.3, -0.25) is 19.8 Å². The fourth-order valence-electron chi connectivity index (χ4n) is 10.3. The van der Waals surface area contributed by atoms with Crippen molar-refractivity contribution >= 4 is 65.8 Å². The molecule has 13 heterocycles. The summed E-state index contributed by atoms with van der Waals surface area (Å²) >= 11 is 0. The fraction of sp³-hybridized carbons (Fsp3) is 0.606. The molecule has 0 spiro atoms. The minimum absolute atomic E-state index is 0. The number of rotatable bonds is 17. The molecule has 10 aliphatic rings. The van der Waals surface area contributed by atoms with Crippen molar-refractivity contribution < 1.29 is 221 Å². The molecule has 0 bridgehead atoms. The summed E-state index contributed by atoms with van der Waals surface area (Å²) in [6, 6.07) is -0.300. The maximum atomic E-state index is 14.3. The second-order valence-electron chi connectivity index (χ2n) is 28.3. The fourth-order valence-corrected chi connectivity index (χ4v) is 10.3. The Morgan fingerprint density at radius 3 is 1.78 bits per heavy atom. The molecule has 3 radical (unpaired) electrons. The summed E-state index contributed by atoms with van der Waals surface area (Å²) < 4.78 is 150. The number of aryl methyl sites for hydroxylation is 1. The van der Waals surface area contributed by atoms with Crippen LogP contribution in [0.25, 0.3) is 11.2 Å². The third-order valence-electron chi connectivity index (χ3n) is 15.0. The smallest absolute Gasteiger partial charge is 0.367 e. The Morgan fingerprint density at radius 1 is 0.741 bits per heavy atom. The number of aliphatic imine (C=N–C) groups is 4. The summed E-state index contributed by atoms with van der Waals surface area (Å²) in [5, 5.41) is 29.3. The van der Waals surface area contributed by atoms with Crippen molar-refractivity contribution in [1.29, 1.82) is 0 Å². The molecule has 13 rings (SSSR count). The first-order chi connectivity index (χ1) is 51.3. The molecule has 7 unspecified atom stereocenters. The number of carbonyl (C=O) groups is 4. The number of carbonyl (C=O) groups excluding carboxylic acids is 4. The number of ether oxygens (including phenoxy) is 13. The molecule has 3 aromatic rings. The van der Waals surface area contributed by atoms with E-state index in [1.54, 1.807) is 59.7 Å². The van der Waals surface area contributed by atoms with Crippen LogP contribution in [0.5, 0.6) is 0 Å². The molecule has 112 heavy (non-hydrogen) atoms. The number of cyclic esters (lactones) is 1. The van der Waals surface area contributed by atoms with Gasteiger partial charge in [0.05, 0.1) is 103 Å². The molecule has 2 fully saturated rings. The Kier molecular flexibility index (Phi) is 40.4. The van der Waals surface area contributed by atoms with Crippen molar-refractivity contribution in [1.82, 2.24) is 34.0 Å². The van der Waals surface area contributed by atoms with Gasteiger partial charge in [0.25, 0.3) is 6.29 Å². The Hall–Kier alpha value is -5.07. The van der Waals surface area contributed by atoms with Crippen LogP contribution >= 0.6 is 0 Å². The number of anilines is 1. The maximum Gasteiger partial charge on any atom is 0.367 e. The average Bonchev–Trinajstić information content (AvgIpc) is 1.65. The number of hydrogen-bond acceptors (Lipinski definition) is 30. The van der Waals surface area contributed by atoms with Gasteiger partial charge in [0, 0.05) is 122 Å². The normalized spacial score (nSPS) is 27.2. The second kappa shape index (κ2) is 45.6. The van der Waals surface area contributed by atoms with Gasteiger partial charge in [0.1, 0.15) is 66.4 Å². The Bertz CT molecular complexity index is 3940. The molecule has 4 N–H and O–H groups in total. The Labute approximate surface area is 719 Å². The molecule has 0 amide bonds. The summed E-state index contributed by atoms with van der Waals surface area (Å²) in [5.74, 6) is -5.77. The van der Waals surface area contributed by atoms with Crippen LogP contribution < -0.4 is 5.32 Å². The number of hydrogen-bond donors (Lipinski definition) is 4. The minimum Gasteiger partial charge on any atom is -0.461 e. The first kappa shape index (κ1) is 99.3. The van der Waals surface area contributed by atoms with Crippen LogP contribution in [0.15, 0.2) is 104 Å². The van der Waals surface area contributed by atoms with E-state index in [4.69, 9.17) is 62.7 Å². The van der Waals surface area contributed by atoms with Crippen molar-refractivity contribution in [2.24, 2.45) is 30.8 Å². The monoisotopic (exact) mass is 1810 g/mol. The van der Waals surface area contributed by atoms with Crippen LogP contribution in [-0.4, -0.2) is 249 Å². The number of aromatic nitrogens is 6. The number of imidazole rings is 2. The predicted octanol–water partition coefficient (Wildman–Crippen LogP) is 7.25. The number of aliphatic hydroxyl groups excluding tert-OH is 3. The molecular weight excluding hydrogens is 1720 g/mol. The van der Waals surface area contributed by atoms with Gasteiger partial charge < -0.3 is 126 Å². The van der Waals surface area contributed by atoms with E-state index in [1.165, 1.54) is 53.0 Å². The van der Waals surface area contributed by atoms with E-state index in [0.717, 1.165) is 18.4 Å². The molecule has 0 saturated carbocycles. The molecule has 2 saturated heterocycles. The van der Waals surface area contributed by atoms with Gasteiger partial charge >= 0.3 is 17.9 Å². The molecule has 0 aromatic carbocycles. The summed E-state index contributed by atoms with van der Waals surface area (Å²) in [6.45, 7) is 29.2. The number of amidine groups is 1. The Balaban J connectivity index is 0.000000279.